The Morgan fingerprint density at radius 2 is 1.92 bits per heavy atom. The average molecular weight is 360 g/mol. The molecule has 0 saturated heterocycles. The zero-order valence-electron chi connectivity index (χ0n) is 13.6. The van der Waals surface area contributed by atoms with Gasteiger partial charge in [0, 0.05) is 22.4 Å². The normalized spacial score (nSPS) is 11.0. The highest BCUT2D eigenvalue weighted by Gasteiger charge is 2.13. The first kappa shape index (κ1) is 16.9. The number of hydrogen-bond acceptors (Lipinski definition) is 3. The van der Waals surface area contributed by atoms with Gasteiger partial charge in [-0.2, -0.15) is 0 Å². The molecule has 5 heteroatoms. The molecule has 2 aromatic carbocycles. The van der Waals surface area contributed by atoms with Crippen LogP contribution in [0.2, 0.25) is 5.02 Å². The Bertz CT molecular complexity index is 869. The minimum absolute atomic E-state index is 0.0538. The van der Waals surface area contributed by atoms with E-state index in [0.29, 0.717) is 17.3 Å². The lowest BCUT2D eigenvalue weighted by Gasteiger charge is -2.16. The standard InChI is InChI=1S/C19H18ClNO2S/c1-13-9-10-15(23-13)11-21(2)18(22)12-24-17-8-4-6-14-5-3-7-16(20)19(14)17/h3-10H,11-12H2,1-2H3. The SMILES string of the molecule is Cc1ccc(CN(C)C(=O)CSc2cccc3cccc(Cl)c23)o1. The van der Waals surface area contributed by atoms with Gasteiger partial charge in [0.15, 0.2) is 0 Å². The number of rotatable bonds is 5. The molecule has 0 N–H and O–H groups in total. The molecule has 0 saturated carbocycles. The summed E-state index contributed by atoms with van der Waals surface area (Å²) in [5.41, 5.74) is 0. The van der Waals surface area contributed by atoms with Crippen LogP contribution in [0, 0.1) is 6.92 Å². The summed E-state index contributed by atoms with van der Waals surface area (Å²) in [6.07, 6.45) is 0. The van der Waals surface area contributed by atoms with Crippen molar-refractivity contribution in [2.45, 2.75) is 18.4 Å². The van der Waals surface area contributed by atoms with Gasteiger partial charge in [-0.1, -0.05) is 35.9 Å². The molecule has 0 atom stereocenters. The summed E-state index contributed by atoms with van der Waals surface area (Å²) in [4.78, 5) is 15.1. The van der Waals surface area contributed by atoms with Crippen molar-refractivity contribution in [3.05, 3.63) is 65.1 Å². The molecule has 0 bridgehead atoms. The number of benzene rings is 2. The molecular weight excluding hydrogens is 342 g/mol. The van der Waals surface area contributed by atoms with Gasteiger partial charge in [0.2, 0.25) is 5.91 Å². The first-order valence-corrected chi connectivity index (χ1v) is 9.00. The highest BCUT2D eigenvalue weighted by molar-refractivity contribution is 8.00. The van der Waals surface area contributed by atoms with Crippen LogP contribution in [0.3, 0.4) is 0 Å². The van der Waals surface area contributed by atoms with Crippen LogP contribution < -0.4 is 0 Å². The number of halogens is 1. The molecule has 3 rings (SSSR count). The molecule has 24 heavy (non-hydrogen) atoms. The Hall–Kier alpha value is -1.91. The molecule has 3 nitrogen and oxygen atoms in total. The molecule has 1 amide bonds. The smallest absolute Gasteiger partial charge is 0.233 e. The molecule has 0 aliphatic carbocycles. The van der Waals surface area contributed by atoms with Gasteiger partial charge >= 0.3 is 0 Å². The van der Waals surface area contributed by atoms with Gasteiger partial charge in [-0.25, -0.2) is 0 Å². The second-order valence-corrected chi connectivity index (χ2v) is 7.07. The van der Waals surface area contributed by atoms with Crippen molar-refractivity contribution in [1.82, 2.24) is 4.90 Å². The molecule has 0 radical (unpaired) electrons. The van der Waals surface area contributed by atoms with Crippen molar-refractivity contribution in [3.63, 3.8) is 0 Å². The number of fused-ring (bicyclic) bond motifs is 1. The number of carbonyl (C=O) groups excluding carboxylic acids is 1. The molecular formula is C19H18ClNO2S. The average Bonchev–Trinajstić information content (AvgIpc) is 2.97. The maximum absolute atomic E-state index is 12.4. The molecule has 0 aliphatic rings. The largest absolute Gasteiger partial charge is 0.464 e. The number of carbonyl (C=O) groups is 1. The summed E-state index contributed by atoms with van der Waals surface area (Å²) in [6, 6.07) is 15.7. The molecule has 1 aromatic heterocycles. The highest BCUT2D eigenvalue weighted by Crippen LogP contribution is 2.33. The molecule has 0 aliphatic heterocycles. The fraction of sp³-hybridized carbons (Fsp3) is 0.211. The molecule has 1 heterocycles. The summed E-state index contributed by atoms with van der Waals surface area (Å²) in [5, 5.41) is 2.80. The van der Waals surface area contributed by atoms with E-state index in [4.69, 9.17) is 16.0 Å². The maximum atomic E-state index is 12.4. The Balaban J connectivity index is 1.68. The van der Waals surface area contributed by atoms with Gasteiger partial charge in [0.1, 0.15) is 11.5 Å². The Kier molecular flexibility index (Phi) is 5.17. The zero-order valence-corrected chi connectivity index (χ0v) is 15.2. The van der Waals surface area contributed by atoms with Crippen LogP contribution in [0.5, 0.6) is 0 Å². The Morgan fingerprint density at radius 3 is 2.62 bits per heavy atom. The van der Waals surface area contributed by atoms with E-state index in [-0.39, 0.29) is 5.91 Å². The summed E-state index contributed by atoms with van der Waals surface area (Å²) >= 11 is 7.84. The van der Waals surface area contributed by atoms with Crippen molar-refractivity contribution >= 4 is 40.0 Å². The fourth-order valence-corrected chi connectivity index (χ4v) is 3.91. The van der Waals surface area contributed by atoms with Crippen molar-refractivity contribution in [1.29, 1.82) is 0 Å². The topological polar surface area (TPSA) is 33.5 Å². The predicted octanol–water partition coefficient (Wildman–Crippen LogP) is 5.15. The Labute approximate surface area is 150 Å². The third kappa shape index (κ3) is 3.77. The molecule has 3 aromatic rings. The zero-order chi connectivity index (χ0) is 17.1. The second-order valence-electron chi connectivity index (χ2n) is 5.64. The van der Waals surface area contributed by atoms with Gasteiger partial charge < -0.3 is 9.32 Å². The molecule has 124 valence electrons. The van der Waals surface area contributed by atoms with Gasteiger partial charge in [0.05, 0.1) is 12.3 Å². The Morgan fingerprint density at radius 1 is 1.17 bits per heavy atom. The van der Waals surface area contributed by atoms with Crippen LogP contribution in [-0.4, -0.2) is 23.6 Å². The van der Waals surface area contributed by atoms with Gasteiger partial charge in [-0.15, -0.1) is 11.8 Å². The lowest BCUT2D eigenvalue weighted by molar-refractivity contribution is -0.127. The first-order valence-electron chi connectivity index (χ1n) is 7.64. The van der Waals surface area contributed by atoms with E-state index in [1.807, 2.05) is 55.5 Å². The van der Waals surface area contributed by atoms with Crippen LogP contribution in [-0.2, 0) is 11.3 Å². The van der Waals surface area contributed by atoms with Gasteiger partial charge in [0.25, 0.3) is 0 Å². The van der Waals surface area contributed by atoms with E-state index in [2.05, 4.69) is 0 Å². The fourth-order valence-electron chi connectivity index (χ4n) is 2.52. The monoisotopic (exact) mass is 359 g/mol. The van der Waals surface area contributed by atoms with Crippen LogP contribution >= 0.6 is 23.4 Å². The lowest BCUT2D eigenvalue weighted by atomic mass is 10.1. The van der Waals surface area contributed by atoms with Crippen molar-refractivity contribution in [2.24, 2.45) is 0 Å². The number of amides is 1. The quantitative estimate of drug-likeness (QED) is 0.591. The second kappa shape index (κ2) is 7.32. The van der Waals surface area contributed by atoms with Crippen LogP contribution in [0.15, 0.2) is 57.8 Å². The summed E-state index contributed by atoms with van der Waals surface area (Å²) in [6.45, 7) is 2.37. The van der Waals surface area contributed by atoms with Crippen molar-refractivity contribution < 1.29 is 9.21 Å². The number of hydrogen-bond donors (Lipinski definition) is 0. The van der Waals surface area contributed by atoms with Crippen LogP contribution in [0.4, 0.5) is 0 Å². The predicted molar refractivity (Wildman–Crippen MR) is 99.6 cm³/mol. The van der Waals surface area contributed by atoms with E-state index >= 15 is 0 Å². The number of thioether (sulfide) groups is 1. The third-order valence-electron chi connectivity index (χ3n) is 3.78. The molecule has 0 spiro atoms. The van der Waals surface area contributed by atoms with Crippen LogP contribution in [0.25, 0.3) is 10.8 Å². The third-order valence-corrected chi connectivity index (χ3v) is 5.14. The number of furan rings is 1. The van der Waals surface area contributed by atoms with Crippen molar-refractivity contribution in [2.75, 3.05) is 12.8 Å². The highest BCUT2D eigenvalue weighted by atomic mass is 35.5. The van der Waals surface area contributed by atoms with Crippen molar-refractivity contribution in [3.8, 4) is 0 Å². The minimum atomic E-state index is 0.0538. The van der Waals surface area contributed by atoms with Gasteiger partial charge in [-0.05, 0) is 36.6 Å². The first-order chi connectivity index (χ1) is 11.5. The maximum Gasteiger partial charge on any atom is 0.233 e. The van der Waals surface area contributed by atoms with E-state index in [1.165, 1.54) is 11.8 Å². The van der Waals surface area contributed by atoms with Gasteiger partial charge in [-0.3, -0.25) is 4.79 Å². The van der Waals surface area contributed by atoms with Crippen LogP contribution in [0.1, 0.15) is 11.5 Å². The van der Waals surface area contributed by atoms with E-state index in [0.717, 1.165) is 27.2 Å². The van der Waals surface area contributed by atoms with E-state index in [9.17, 15) is 4.79 Å². The number of nitrogens with zero attached hydrogens (tertiary/aromatic N) is 1. The lowest BCUT2D eigenvalue weighted by Crippen LogP contribution is -2.27. The summed E-state index contributed by atoms with van der Waals surface area (Å²) in [5.74, 6) is 2.06. The van der Waals surface area contributed by atoms with E-state index < -0.39 is 0 Å². The van der Waals surface area contributed by atoms with E-state index in [1.54, 1.807) is 11.9 Å². The molecule has 0 unspecified atom stereocenters. The summed E-state index contributed by atoms with van der Waals surface area (Å²) in [7, 11) is 1.79. The minimum Gasteiger partial charge on any atom is -0.464 e. The summed E-state index contributed by atoms with van der Waals surface area (Å²) < 4.78 is 5.52. The molecule has 0 fully saturated rings. The number of aryl methyl sites for hydroxylation is 1.